The van der Waals surface area contributed by atoms with E-state index in [1.165, 1.54) is 5.56 Å². The number of hydrogen-bond donors (Lipinski definition) is 0. The minimum atomic E-state index is -1.13. The topological polar surface area (TPSA) is 22.0 Å². The van der Waals surface area contributed by atoms with Crippen LogP contribution in [0.5, 0.6) is 0 Å². The Bertz CT molecular complexity index is 729. The molecule has 0 fully saturated rings. The predicted octanol–water partition coefficient (Wildman–Crippen LogP) is 3.95. The molecule has 0 N–H and O–H groups in total. The largest absolute Gasteiger partial charge is 0.323 e. The number of aromatic nitrogens is 1. The van der Waals surface area contributed by atoms with Gasteiger partial charge in [-0.2, -0.15) is 0 Å². The Balaban J connectivity index is 1.90. The number of aryl methyl sites for hydroxylation is 1. The lowest BCUT2D eigenvalue weighted by molar-refractivity contribution is 0.683. The molecule has 0 aliphatic heterocycles. The van der Waals surface area contributed by atoms with Gasteiger partial charge in [-0.25, -0.2) is 4.21 Å². The lowest BCUT2D eigenvalue weighted by atomic mass is 10.2. The maximum absolute atomic E-state index is 12.5. The van der Waals surface area contributed by atoms with Crippen molar-refractivity contribution < 1.29 is 4.21 Å². The van der Waals surface area contributed by atoms with Crippen molar-refractivity contribution in [1.82, 2.24) is 4.57 Å². The fourth-order valence-corrected chi connectivity index (χ4v) is 3.09. The van der Waals surface area contributed by atoms with Crippen LogP contribution in [0.4, 0.5) is 0 Å². The Kier molecular flexibility index (Phi) is 3.52. The Labute approximate surface area is 121 Å². The first kappa shape index (κ1) is 12.9. The highest BCUT2D eigenvalue weighted by Gasteiger charge is 2.09. The van der Waals surface area contributed by atoms with Gasteiger partial charge in [-0.1, -0.05) is 35.9 Å². The molecular formula is C17H15NOS. The Morgan fingerprint density at radius 2 is 1.55 bits per heavy atom. The molecule has 0 spiro atoms. The maximum atomic E-state index is 12.5. The molecule has 1 atom stereocenters. The number of rotatable bonds is 3. The van der Waals surface area contributed by atoms with E-state index in [1.807, 2.05) is 84.5 Å². The van der Waals surface area contributed by atoms with Crippen LogP contribution in [0.25, 0.3) is 5.69 Å². The van der Waals surface area contributed by atoms with Gasteiger partial charge in [-0.05, 0) is 37.3 Å². The van der Waals surface area contributed by atoms with Crippen LogP contribution < -0.4 is 0 Å². The van der Waals surface area contributed by atoms with Crippen molar-refractivity contribution in [1.29, 1.82) is 0 Å². The fraction of sp³-hybridized carbons (Fsp3) is 0.0588. The second-order valence-corrected chi connectivity index (χ2v) is 6.15. The van der Waals surface area contributed by atoms with Gasteiger partial charge in [0.05, 0.1) is 15.7 Å². The molecular weight excluding hydrogens is 266 g/mol. The maximum Gasteiger partial charge on any atom is 0.0865 e. The standard InChI is InChI=1S/C17H15NOS/c1-14-7-9-16(10-8-14)20(19)17-11-12-18(13-17)15-5-3-2-4-6-15/h2-13H,1H3. The van der Waals surface area contributed by atoms with Crippen LogP contribution >= 0.6 is 0 Å². The van der Waals surface area contributed by atoms with Crippen molar-refractivity contribution in [3.8, 4) is 5.69 Å². The fourth-order valence-electron chi connectivity index (χ4n) is 2.05. The summed E-state index contributed by atoms with van der Waals surface area (Å²) >= 11 is 0. The van der Waals surface area contributed by atoms with Crippen molar-refractivity contribution in [2.24, 2.45) is 0 Å². The minimum absolute atomic E-state index is 0.817. The van der Waals surface area contributed by atoms with Gasteiger partial charge in [0.1, 0.15) is 0 Å². The van der Waals surface area contributed by atoms with Crippen molar-refractivity contribution >= 4 is 10.8 Å². The molecule has 100 valence electrons. The van der Waals surface area contributed by atoms with Crippen LogP contribution in [0.3, 0.4) is 0 Å². The highest BCUT2D eigenvalue weighted by atomic mass is 32.2. The molecule has 1 heterocycles. The van der Waals surface area contributed by atoms with Gasteiger partial charge >= 0.3 is 0 Å². The van der Waals surface area contributed by atoms with E-state index in [-0.39, 0.29) is 0 Å². The average Bonchev–Trinajstić information content (AvgIpc) is 2.98. The van der Waals surface area contributed by atoms with Gasteiger partial charge in [0.15, 0.2) is 0 Å². The van der Waals surface area contributed by atoms with E-state index in [1.54, 1.807) is 0 Å². The number of hydrogen-bond acceptors (Lipinski definition) is 1. The Morgan fingerprint density at radius 3 is 2.25 bits per heavy atom. The summed E-state index contributed by atoms with van der Waals surface area (Å²) < 4.78 is 14.5. The molecule has 2 aromatic carbocycles. The summed E-state index contributed by atoms with van der Waals surface area (Å²) in [6.45, 7) is 2.03. The molecule has 2 nitrogen and oxygen atoms in total. The summed E-state index contributed by atoms with van der Waals surface area (Å²) in [4.78, 5) is 1.65. The van der Waals surface area contributed by atoms with Crippen LogP contribution in [-0.2, 0) is 10.8 Å². The Morgan fingerprint density at radius 1 is 0.850 bits per heavy atom. The number of nitrogens with zero attached hydrogens (tertiary/aromatic N) is 1. The molecule has 1 aromatic heterocycles. The molecule has 0 saturated heterocycles. The van der Waals surface area contributed by atoms with Gasteiger partial charge in [-0.15, -0.1) is 0 Å². The molecule has 3 rings (SSSR count). The first-order chi connectivity index (χ1) is 9.74. The summed E-state index contributed by atoms with van der Waals surface area (Å²) in [5.74, 6) is 0. The van der Waals surface area contributed by atoms with E-state index in [9.17, 15) is 4.21 Å². The monoisotopic (exact) mass is 281 g/mol. The van der Waals surface area contributed by atoms with E-state index in [4.69, 9.17) is 0 Å². The molecule has 20 heavy (non-hydrogen) atoms. The summed E-state index contributed by atoms with van der Waals surface area (Å²) in [5, 5.41) is 0. The van der Waals surface area contributed by atoms with Crippen molar-refractivity contribution in [3.63, 3.8) is 0 Å². The lowest BCUT2D eigenvalue weighted by Crippen LogP contribution is -1.92. The summed E-state index contributed by atoms with van der Waals surface area (Å²) in [6, 6.07) is 19.7. The van der Waals surface area contributed by atoms with Crippen molar-refractivity contribution in [3.05, 3.63) is 78.6 Å². The zero-order valence-electron chi connectivity index (χ0n) is 11.2. The van der Waals surface area contributed by atoms with Crippen LogP contribution in [0.1, 0.15) is 5.56 Å². The highest BCUT2D eigenvalue weighted by molar-refractivity contribution is 7.85. The third-order valence-electron chi connectivity index (χ3n) is 3.17. The highest BCUT2D eigenvalue weighted by Crippen LogP contribution is 2.19. The normalized spacial score (nSPS) is 12.2. The van der Waals surface area contributed by atoms with Crippen LogP contribution in [0.15, 0.2) is 82.8 Å². The van der Waals surface area contributed by atoms with Gasteiger partial charge in [0.25, 0.3) is 0 Å². The summed E-state index contributed by atoms with van der Waals surface area (Å²) in [5.41, 5.74) is 2.24. The molecule has 3 heteroatoms. The molecule has 0 amide bonds. The molecule has 1 unspecified atom stereocenters. The Hall–Kier alpha value is -2.13. The zero-order valence-corrected chi connectivity index (χ0v) is 12.0. The lowest BCUT2D eigenvalue weighted by Gasteiger charge is -2.02. The van der Waals surface area contributed by atoms with Gasteiger partial charge in [0.2, 0.25) is 0 Å². The van der Waals surface area contributed by atoms with E-state index in [0.29, 0.717) is 0 Å². The third kappa shape index (κ3) is 2.58. The number of para-hydroxylation sites is 1. The predicted molar refractivity (Wildman–Crippen MR) is 81.6 cm³/mol. The first-order valence-electron chi connectivity index (χ1n) is 6.46. The van der Waals surface area contributed by atoms with E-state index in [0.717, 1.165) is 15.5 Å². The second-order valence-electron chi connectivity index (χ2n) is 4.67. The second kappa shape index (κ2) is 5.47. The van der Waals surface area contributed by atoms with E-state index >= 15 is 0 Å². The minimum Gasteiger partial charge on any atom is -0.323 e. The van der Waals surface area contributed by atoms with Gasteiger partial charge in [0, 0.05) is 23.0 Å². The zero-order chi connectivity index (χ0) is 13.9. The molecule has 0 saturated carbocycles. The van der Waals surface area contributed by atoms with Crippen LogP contribution in [0.2, 0.25) is 0 Å². The molecule has 0 bridgehead atoms. The molecule has 0 aliphatic carbocycles. The van der Waals surface area contributed by atoms with E-state index in [2.05, 4.69) is 0 Å². The van der Waals surface area contributed by atoms with Crippen LogP contribution in [0, 0.1) is 6.92 Å². The molecule has 0 aliphatic rings. The molecule has 0 radical (unpaired) electrons. The third-order valence-corrected chi connectivity index (χ3v) is 4.54. The van der Waals surface area contributed by atoms with E-state index < -0.39 is 10.8 Å². The number of benzene rings is 2. The summed E-state index contributed by atoms with van der Waals surface area (Å²) in [6.07, 6.45) is 3.86. The summed E-state index contributed by atoms with van der Waals surface area (Å²) in [7, 11) is -1.13. The average molecular weight is 281 g/mol. The van der Waals surface area contributed by atoms with Gasteiger partial charge in [-0.3, -0.25) is 0 Å². The van der Waals surface area contributed by atoms with Crippen LogP contribution in [-0.4, -0.2) is 8.78 Å². The van der Waals surface area contributed by atoms with Crippen molar-refractivity contribution in [2.75, 3.05) is 0 Å². The first-order valence-corrected chi connectivity index (χ1v) is 7.61. The quantitative estimate of drug-likeness (QED) is 0.712. The SMILES string of the molecule is Cc1ccc(S(=O)c2ccn(-c3ccccc3)c2)cc1. The van der Waals surface area contributed by atoms with Gasteiger partial charge < -0.3 is 4.57 Å². The smallest absolute Gasteiger partial charge is 0.0865 e. The molecule has 3 aromatic rings. The van der Waals surface area contributed by atoms with Crippen molar-refractivity contribution in [2.45, 2.75) is 16.7 Å².